The van der Waals surface area contributed by atoms with E-state index in [1.807, 2.05) is 18.2 Å². The van der Waals surface area contributed by atoms with Crippen molar-refractivity contribution in [3.05, 3.63) is 35.4 Å². The summed E-state index contributed by atoms with van der Waals surface area (Å²) in [4.78, 5) is 22.4. The fourth-order valence-corrected chi connectivity index (χ4v) is 4.07. The molecule has 1 unspecified atom stereocenters. The number of aliphatic imine (C=N–C) groups is 1. The Morgan fingerprint density at radius 3 is 2.64 bits per heavy atom. The fraction of sp³-hybridized carbons (Fsp3) is 0.619. The molecule has 1 aliphatic heterocycles. The molecule has 1 heterocycles. The molecule has 1 saturated heterocycles. The summed E-state index contributed by atoms with van der Waals surface area (Å²) in [6.45, 7) is 4.82. The molecule has 1 aliphatic carbocycles. The SMILES string of the molecule is CN=C(NCC1(O)CCc2ccccc21)N1CCN(CCC(=O)N(C)C)CC1. The molecule has 1 aromatic rings. The fourth-order valence-electron chi connectivity index (χ4n) is 4.07. The van der Waals surface area contributed by atoms with Gasteiger partial charge in [-0.25, -0.2) is 0 Å². The van der Waals surface area contributed by atoms with Gasteiger partial charge in [-0.05, 0) is 24.0 Å². The number of aryl methyl sites for hydroxylation is 1. The molecule has 28 heavy (non-hydrogen) atoms. The number of carbonyl (C=O) groups is 1. The van der Waals surface area contributed by atoms with E-state index in [2.05, 4.69) is 26.2 Å². The summed E-state index contributed by atoms with van der Waals surface area (Å²) in [6.07, 6.45) is 2.22. The Balaban J connectivity index is 1.49. The summed E-state index contributed by atoms with van der Waals surface area (Å²) in [5.41, 5.74) is 1.44. The lowest BCUT2D eigenvalue weighted by Gasteiger charge is -2.37. The molecule has 1 atom stereocenters. The van der Waals surface area contributed by atoms with Crippen LogP contribution in [0.1, 0.15) is 24.0 Å². The van der Waals surface area contributed by atoms with E-state index in [0.29, 0.717) is 13.0 Å². The first-order valence-corrected chi connectivity index (χ1v) is 10.1. The monoisotopic (exact) mass is 387 g/mol. The second-order valence-corrected chi connectivity index (χ2v) is 7.96. The molecule has 154 valence electrons. The van der Waals surface area contributed by atoms with Crippen molar-refractivity contribution in [2.24, 2.45) is 4.99 Å². The van der Waals surface area contributed by atoms with Gasteiger partial charge in [0.15, 0.2) is 5.96 Å². The molecule has 0 bridgehead atoms. The van der Waals surface area contributed by atoms with Crippen LogP contribution in [0, 0.1) is 0 Å². The van der Waals surface area contributed by atoms with Crippen LogP contribution in [0.2, 0.25) is 0 Å². The van der Waals surface area contributed by atoms with Gasteiger partial charge in [-0.15, -0.1) is 0 Å². The van der Waals surface area contributed by atoms with E-state index in [1.165, 1.54) is 5.56 Å². The third kappa shape index (κ3) is 4.64. The van der Waals surface area contributed by atoms with Crippen molar-refractivity contribution in [3.63, 3.8) is 0 Å². The first kappa shape index (κ1) is 20.6. The predicted octanol–water partition coefficient (Wildman–Crippen LogP) is 0.492. The van der Waals surface area contributed by atoms with E-state index in [-0.39, 0.29) is 5.91 Å². The van der Waals surface area contributed by atoms with Crippen molar-refractivity contribution >= 4 is 11.9 Å². The summed E-state index contributed by atoms with van der Waals surface area (Å²) in [5, 5.41) is 14.5. The van der Waals surface area contributed by atoms with Crippen molar-refractivity contribution in [3.8, 4) is 0 Å². The predicted molar refractivity (Wildman–Crippen MR) is 111 cm³/mol. The molecule has 3 rings (SSSR count). The average Bonchev–Trinajstić information content (AvgIpc) is 3.05. The highest BCUT2D eigenvalue weighted by Crippen LogP contribution is 2.36. The highest BCUT2D eigenvalue weighted by atomic mass is 16.3. The van der Waals surface area contributed by atoms with Crippen LogP contribution in [0.4, 0.5) is 0 Å². The standard InChI is InChI=1S/C21H33N5O2/c1-22-20(23-16-21(28)10-8-17-6-4-5-7-18(17)21)26-14-12-25(13-15-26)11-9-19(27)24(2)3/h4-7,28H,8-16H2,1-3H3,(H,22,23). The molecular weight excluding hydrogens is 354 g/mol. The Bertz CT molecular complexity index is 713. The van der Waals surface area contributed by atoms with Crippen LogP contribution in [0.5, 0.6) is 0 Å². The van der Waals surface area contributed by atoms with Gasteiger partial charge in [0.25, 0.3) is 0 Å². The van der Waals surface area contributed by atoms with E-state index in [4.69, 9.17) is 0 Å². The minimum Gasteiger partial charge on any atom is -0.383 e. The number of rotatable bonds is 5. The van der Waals surface area contributed by atoms with Gasteiger partial charge in [-0.2, -0.15) is 0 Å². The maximum Gasteiger partial charge on any atom is 0.223 e. The maximum atomic E-state index is 11.8. The zero-order valence-electron chi connectivity index (χ0n) is 17.3. The summed E-state index contributed by atoms with van der Waals surface area (Å²) in [5.74, 6) is 1.01. The number of piperazine rings is 1. The van der Waals surface area contributed by atoms with Crippen LogP contribution < -0.4 is 5.32 Å². The van der Waals surface area contributed by atoms with E-state index < -0.39 is 5.60 Å². The molecule has 0 aromatic heterocycles. The molecule has 1 amide bonds. The quantitative estimate of drug-likeness (QED) is 0.568. The van der Waals surface area contributed by atoms with E-state index >= 15 is 0 Å². The summed E-state index contributed by atoms with van der Waals surface area (Å²) < 4.78 is 0. The number of nitrogens with one attached hydrogen (secondary N) is 1. The van der Waals surface area contributed by atoms with Gasteiger partial charge in [0.1, 0.15) is 5.60 Å². The minimum atomic E-state index is -0.832. The van der Waals surface area contributed by atoms with Crippen molar-refractivity contribution in [1.29, 1.82) is 0 Å². The van der Waals surface area contributed by atoms with Gasteiger partial charge in [-0.1, -0.05) is 24.3 Å². The highest BCUT2D eigenvalue weighted by molar-refractivity contribution is 5.80. The second-order valence-electron chi connectivity index (χ2n) is 7.96. The molecule has 1 fully saturated rings. The van der Waals surface area contributed by atoms with E-state index in [0.717, 1.165) is 57.1 Å². The number of nitrogens with zero attached hydrogens (tertiary/aromatic N) is 4. The van der Waals surface area contributed by atoms with Gasteiger partial charge in [0.2, 0.25) is 5.91 Å². The molecular formula is C21H33N5O2. The number of guanidine groups is 1. The molecule has 0 saturated carbocycles. The largest absolute Gasteiger partial charge is 0.383 e. The lowest BCUT2D eigenvalue weighted by molar-refractivity contribution is -0.129. The Morgan fingerprint density at radius 1 is 1.25 bits per heavy atom. The van der Waals surface area contributed by atoms with E-state index in [9.17, 15) is 9.90 Å². The summed E-state index contributed by atoms with van der Waals surface area (Å²) in [6, 6.07) is 8.15. The Hall–Kier alpha value is -2.12. The van der Waals surface area contributed by atoms with Crippen molar-refractivity contribution < 1.29 is 9.90 Å². The van der Waals surface area contributed by atoms with Crippen molar-refractivity contribution in [2.75, 3.05) is 60.4 Å². The lowest BCUT2D eigenvalue weighted by Crippen LogP contribution is -2.54. The van der Waals surface area contributed by atoms with Crippen molar-refractivity contribution in [1.82, 2.24) is 20.0 Å². The number of aliphatic hydroxyl groups is 1. The smallest absolute Gasteiger partial charge is 0.223 e. The van der Waals surface area contributed by atoms with Crippen LogP contribution in [0.15, 0.2) is 29.3 Å². The number of amides is 1. The Morgan fingerprint density at radius 2 is 1.96 bits per heavy atom. The van der Waals surface area contributed by atoms with E-state index in [1.54, 1.807) is 26.0 Å². The maximum absolute atomic E-state index is 11.8. The highest BCUT2D eigenvalue weighted by Gasteiger charge is 2.36. The molecule has 0 spiro atoms. The number of fused-ring (bicyclic) bond motifs is 1. The third-order valence-electron chi connectivity index (χ3n) is 5.89. The number of hydrogen-bond donors (Lipinski definition) is 2. The minimum absolute atomic E-state index is 0.171. The Labute approximate surface area is 168 Å². The van der Waals surface area contributed by atoms with Gasteiger partial charge in [0.05, 0.1) is 6.54 Å². The van der Waals surface area contributed by atoms with Gasteiger partial charge >= 0.3 is 0 Å². The number of hydrogen-bond acceptors (Lipinski definition) is 4. The van der Waals surface area contributed by atoms with Crippen LogP contribution in [0.3, 0.4) is 0 Å². The molecule has 7 heteroatoms. The molecule has 2 aliphatic rings. The number of benzene rings is 1. The van der Waals surface area contributed by atoms with Crippen molar-refractivity contribution in [2.45, 2.75) is 24.9 Å². The van der Waals surface area contributed by atoms with Crippen LogP contribution in [0.25, 0.3) is 0 Å². The third-order valence-corrected chi connectivity index (χ3v) is 5.89. The van der Waals surface area contributed by atoms with Crippen LogP contribution in [-0.4, -0.2) is 92.1 Å². The van der Waals surface area contributed by atoms with Crippen LogP contribution in [-0.2, 0) is 16.8 Å². The van der Waals surface area contributed by atoms with Gasteiger partial charge in [-0.3, -0.25) is 14.7 Å². The molecule has 7 nitrogen and oxygen atoms in total. The molecule has 2 N–H and O–H groups in total. The normalized spacial score (nSPS) is 22.9. The first-order valence-electron chi connectivity index (χ1n) is 10.1. The molecule has 0 radical (unpaired) electrons. The van der Waals surface area contributed by atoms with Crippen LogP contribution >= 0.6 is 0 Å². The zero-order valence-corrected chi connectivity index (χ0v) is 17.3. The van der Waals surface area contributed by atoms with Gasteiger partial charge < -0.3 is 20.2 Å². The first-order chi connectivity index (χ1) is 13.4. The van der Waals surface area contributed by atoms with Gasteiger partial charge in [0, 0.05) is 60.3 Å². The molecule has 1 aromatic carbocycles. The zero-order chi connectivity index (χ0) is 20.1. The summed E-state index contributed by atoms with van der Waals surface area (Å²) in [7, 11) is 5.39. The lowest BCUT2D eigenvalue weighted by atomic mass is 9.96. The topological polar surface area (TPSA) is 71.4 Å². The Kier molecular flexibility index (Phi) is 6.57. The number of carbonyl (C=O) groups excluding carboxylic acids is 1. The average molecular weight is 388 g/mol. The second kappa shape index (κ2) is 8.92. The summed E-state index contributed by atoms with van der Waals surface area (Å²) >= 11 is 0.